The molecule has 0 saturated carbocycles. The molecule has 6 heteroatoms. The second kappa shape index (κ2) is 7.66. The van der Waals surface area contributed by atoms with E-state index in [9.17, 15) is 9.90 Å². The lowest BCUT2D eigenvalue weighted by Crippen LogP contribution is -2.43. The first-order valence-electron chi connectivity index (χ1n) is 7.97. The zero-order valence-corrected chi connectivity index (χ0v) is 14.3. The zero-order chi connectivity index (χ0) is 17.0. The molecule has 1 atom stereocenters. The molecule has 1 aliphatic heterocycles. The predicted octanol–water partition coefficient (Wildman–Crippen LogP) is 1.42. The van der Waals surface area contributed by atoms with E-state index < -0.39 is 6.10 Å². The smallest absolute Gasteiger partial charge is 0.236 e. The van der Waals surface area contributed by atoms with Gasteiger partial charge in [-0.05, 0) is 26.0 Å². The number of carbonyl (C=O) groups is 1. The summed E-state index contributed by atoms with van der Waals surface area (Å²) < 4.78 is 10.8. The molecular weight excluding hydrogens is 296 g/mol. The quantitative estimate of drug-likeness (QED) is 0.858. The Kier molecular flexibility index (Phi) is 5.85. The molecule has 1 aromatic carbocycles. The van der Waals surface area contributed by atoms with E-state index in [2.05, 4.69) is 0 Å². The van der Waals surface area contributed by atoms with Gasteiger partial charge >= 0.3 is 0 Å². The Balaban J connectivity index is 2.24. The van der Waals surface area contributed by atoms with Crippen molar-refractivity contribution in [2.75, 3.05) is 40.4 Å². The topological polar surface area (TPSA) is 62.2 Å². The number of carbonyl (C=O) groups excluding carboxylic acids is 1. The van der Waals surface area contributed by atoms with Gasteiger partial charge in [0, 0.05) is 37.3 Å². The van der Waals surface area contributed by atoms with E-state index in [0.29, 0.717) is 44.2 Å². The van der Waals surface area contributed by atoms with Crippen LogP contribution in [0, 0.1) is 0 Å². The van der Waals surface area contributed by atoms with Crippen molar-refractivity contribution in [3.05, 3.63) is 23.3 Å². The van der Waals surface area contributed by atoms with Crippen LogP contribution in [0.5, 0.6) is 11.5 Å². The van der Waals surface area contributed by atoms with E-state index in [0.717, 1.165) is 11.1 Å². The number of aliphatic hydroxyl groups is 1. The first kappa shape index (κ1) is 17.6. The van der Waals surface area contributed by atoms with E-state index in [1.165, 1.54) is 0 Å². The van der Waals surface area contributed by atoms with Crippen molar-refractivity contribution in [3.8, 4) is 11.5 Å². The monoisotopic (exact) mass is 322 g/mol. The number of likely N-dealkylation sites (N-methyl/N-ethyl adjacent to an activating group) is 1. The molecule has 1 aromatic rings. The van der Waals surface area contributed by atoms with Gasteiger partial charge in [0.15, 0.2) is 0 Å². The Morgan fingerprint density at radius 2 is 1.87 bits per heavy atom. The first-order valence-corrected chi connectivity index (χ1v) is 7.97. The Hall–Kier alpha value is -1.79. The van der Waals surface area contributed by atoms with E-state index >= 15 is 0 Å². The highest BCUT2D eigenvalue weighted by atomic mass is 16.5. The molecule has 2 rings (SSSR count). The summed E-state index contributed by atoms with van der Waals surface area (Å²) in [5.74, 6) is 1.44. The van der Waals surface area contributed by atoms with Gasteiger partial charge in [0.1, 0.15) is 11.5 Å². The van der Waals surface area contributed by atoms with Crippen LogP contribution in [0.2, 0.25) is 0 Å². The third-order valence-electron chi connectivity index (χ3n) is 4.34. The molecule has 128 valence electrons. The number of β-amino-alcohol motifs (C(OH)–C–C–N with tert-alkyl or cyclic N) is 1. The summed E-state index contributed by atoms with van der Waals surface area (Å²) in [6, 6.07) is 3.64. The largest absolute Gasteiger partial charge is 0.496 e. The van der Waals surface area contributed by atoms with E-state index in [1.54, 1.807) is 25.2 Å². The number of aliphatic hydroxyl groups excluding tert-OH is 1. The molecule has 0 saturated heterocycles. The summed E-state index contributed by atoms with van der Waals surface area (Å²) >= 11 is 0. The Morgan fingerprint density at radius 1 is 1.26 bits per heavy atom. The molecule has 23 heavy (non-hydrogen) atoms. The molecule has 0 aliphatic carbocycles. The first-order chi connectivity index (χ1) is 11.0. The van der Waals surface area contributed by atoms with Gasteiger partial charge in [0.25, 0.3) is 0 Å². The predicted molar refractivity (Wildman–Crippen MR) is 87.7 cm³/mol. The van der Waals surface area contributed by atoms with Crippen molar-refractivity contribution >= 4 is 5.91 Å². The van der Waals surface area contributed by atoms with Crippen LogP contribution in [0.4, 0.5) is 0 Å². The number of fused-ring (bicyclic) bond motifs is 1. The average Bonchev–Trinajstić information content (AvgIpc) is 2.54. The minimum absolute atomic E-state index is 0.0764. The third kappa shape index (κ3) is 3.59. The lowest BCUT2D eigenvalue weighted by atomic mass is 9.95. The van der Waals surface area contributed by atoms with Gasteiger partial charge in [0.2, 0.25) is 5.91 Å². The van der Waals surface area contributed by atoms with Gasteiger partial charge in [-0.3, -0.25) is 9.69 Å². The molecule has 1 amide bonds. The minimum atomic E-state index is -0.701. The zero-order valence-electron chi connectivity index (χ0n) is 14.3. The lowest BCUT2D eigenvalue weighted by Gasteiger charge is -2.34. The van der Waals surface area contributed by atoms with E-state index in [-0.39, 0.29) is 5.91 Å². The fourth-order valence-corrected chi connectivity index (χ4v) is 3.13. The number of hydrogen-bond donors (Lipinski definition) is 1. The van der Waals surface area contributed by atoms with Gasteiger partial charge in [-0.1, -0.05) is 0 Å². The third-order valence-corrected chi connectivity index (χ3v) is 4.34. The second-order valence-corrected chi connectivity index (χ2v) is 5.61. The van der Waals surface area contributed by atoms with Crippen LogP contribution in [0.3, 0.4) is 0 Å². The van der Waals surface area contributed by atoms with Crippen LogP contribution >= 0.6 is 0 Å². The summed E-state index contributed by atoms with van der Waals surface area (Å²) in [6.07, 6.45) is -0.701. The normalized spacial score (nSPS) is 17.5. The Bertz CT molecular complexity index is 558. The van der Waals surface area contributed by atoms with Gasteiger partial charge in [-0.25, -0.2) is 0 Å². The number of rotatable bonds is 6. The number of methoxy groups -OCH3 is 2. The van der Waals surface area contributed by atoms with Crippen LogP contribution in [-0.2, 0) is 11.3 Å². The van der Waals surface area contributed by atoms with Crippen LogP contribution in [-0.4, -0.2) is 61.2 Å². The maximum Gasteiger partial charge on any atom is 0.236 e. The second-order valence-electron chi connectivity index (χ2n) is 5.61. The van der Waals surface area contributed by atoms with Gasteiger partial charge in [-0.2, -0.15) is 0 Å². The molecule has 0 radical (unpaired) electrons. The number of hydrogen-bond acceptors (Lipinski definition) is 5. The van der Waals surface area contributed by atoms with Crippen LogP contribution in [0.1, 0.15) is 31.1 Å². The van der Waals surface area contributed by atoms with Gasteiger partial charge < -0.3 is 19.5 Å². The van der Waals surface area contributed by atoms with Gasteiger partial charge in [-0.15, -0.1) is 0 Å². The summed E-state index contributed by atoms with van der Waals surface area (Å²) in [4.78, 5) is 16.1. The van der Waals surface area contributed by atoms with Gasteiger partial charge in [0.05, 0.1) is 26.9 Å². The van der Waals surface area contributed by atoms with Crippen molar-refractivity contribution in [1.29, 1.82) is 0 Å². The molecular formula is C17H26N2O4. The van der Waals surface area contributed by atoms with E-state index in [4.69, 9.17) is 9.47 Å². The number of amides is 1. The molecule has 1 heterocycles. The van der Waals surface area contributed by atoms with E-state index in [1.807, 2.05) is 24.8 Å². The standard InChI is InChI=1S/C17H26N2O4/c1-5-19(6-2)16(21)11-18-9-12-14(22-3)7-8-15(23-4)17(12)13(20)10-18/h7-8,13,20H,5-6,9-11H2,1-4H3/t13-/m1/s1. The molecule has 0 unspecified atom stereocenters. The highest BCUT2D eigenvalue weighted by Gasteiger charge is 2.30. The highest BCUT2D eigenvalue weighted by Crippen LogP contribution is 2.39. The number of benzene rings is 1. The highest BCUT2D eigenvalue weighted by molar-refractivity contribution is 5.78. The van der Waals surface area contributed by atoms with Crippen molar-refractivity contribution in [1.82, 2.24) is 9.80 Å². The number of ether oxygens (including phenoxy) is 2. The molecule has 0 aromatic heterocycles. The average molecular weight is 322 g/mol. The SMILES string of the molecule is CCN(CC)C(=O)CN1Cc2c(OC)ccc(OC)c2[C@H](O)C1. The number of nitrogens with zero attached hydrogens (tertiary/aromatic N) is 2. The maximum atomic E-state index is 12.3. The summed E-state index contributed by atoms with van der Waals surface area (Å²) in [6.45, 7) is 6.58. The van der Waals surface area contributed by atoms with Crippen LogP contribution < -0.4 is 9.47 Å². The summed E-state index contributed by atoms with van der Waals surface area (Å²) in [5.41, 5.74) is 1.65. The molecule has 0 fully saturated rings. The summed E-state index contributed by atoms with van der Waals surface area (Å²) in [7, 11) is 3.19. The maximum absolute atomic E-state index is 12.3. The van der Waals surface area contributed by atoms with Crippen LogP contribution in [0.25, 0.3) is 0 Å². The van der Waals surface area contributed by atoms with Crippen molar-refractivity contribution in [2.45, 2.75) is 26.5 Å². The fourth-order valence-electron chi connectivity index (χ4n) is 3.13. The molecule has 1 N–H and O–H groups in total. The Labute approximate surface area is 137 Å². The fraction of sp³-hybridized carbons (Fsp3) is 0.588. The lowest BCUT2D eigenvalue weighted by molar-refractivity contribution is -0.132. The Morgan fingerprint density at radius 3 is 2.43 bits per heavy atom. The molecule has 1 aliphatic rings. The van der Waals surface area contributed by atoms with Crippen molar-refractivity contribution in [2.24, 2.45) is 0 Å². The van der Waals surface area contributed by atoms with Crippen LogP contribution in [0.15, 0.2) is 12.1 Å². The summed E-state index contributed by atoms with van der Waals surface area (Å²) in [5, 5.41) is 10.5. The minimum Gasteiger partial charge on any atom is -0.496 e. The molecule has 0 bridgehead atoms. The van der Waals surface area contributed by atoms with Crippen molar-refractivity contribution in [3.63, 3.8) is 0 Å². The molecule has 6 nitrogen and oxygen atoms in total. The molecule has 0 spiro atoms. The van der Waals surface area contributed by atoms with Crippen molar-refractivity contribution < 1.29 is 19.4 Å².